The van der Waals surface area contributed by atoms with Crippen molar-refractivity contribution in [2.24, 2.45) is 0 Å². The molecule has 1 aromatic rings. The van der Waals surface area contributed by atoms with E-state index in [9.17, 15) is 9.50 Å². The van der Waals surface area contributed by atoms with Crippen molar-refractivity contribution in [2.45, 2.75) is 31.3 Å². The van der Waals surface area contributed by atoms with Crippen LogP contribution >= 0.6 is 11.6 Å². The lowest BCUT2D eigenvalue weighted by Gasteiger charge is -2.36. The van der Waals surface area contributed by atoms with Crippen LogP contribution in [0.5, 0.6) is 0 Å². The Hall–Kier alpha value is -0.600. The van der Waals surface area contributed by atoms with Crippen LogP contribution in [0.15, 0.2) is 18.2 Å². The van der Waals surface area contributed by atoms with Gasteiger partial charge in [-0.15, -0.1) is 0 Å². The van der Waals surface area contributed by atoms with Gasteiger partial charge >= 0.3 is 0 Å². The lowest BCUT2D eigenvalue weighted by molar-refractivity contribution is -0.0329. The quantitative estimate of drug-likeness (QED) is 0.803. The van der Waals surface area contributed by atoms with E-state index in [0.717, 1.165) is 19.3 Å². The minimum atomic E-state index is -0.672. The highest BCUT2D eigenvalue weighted by molar-refractivity contribution is 6.30. The van der Waals surface area contributed by atoms with Gasteiger partial charge in [-0.2, -0.15) is 0 Å². The Morgan fingerprint density at radius 2 is 2.14 bits per heavy atom. The third-order valence-corrected chi connectivity index (χ3v) is 3.05. The van der Waals surface area contributed by atoms with E-state index in [2.05, 4.69) is 0 Å². The van der Waals surface area contributed by atoms with Gasteiger partial charge in [-0.25, -0.2) is 4.39 Å². The maximum Gasteiger partial charge on any atom is 0.127 e. The van der Waals surface area contributed by atoms with E-state index in [1.54, 1.807) is 12.1 Å². The second-order valence-electron chi connectivity index (χ2n) is 3.99. The minimum absolute atomic E-state index is 0.321. The third-order valence-electron chi connectivity index (χ3n) is 2.82. The average Bonchev–Trinajstić information content (AvgIpc) is 2.07. The number of hydrogen-bond acceptors (Lipinski definition) is 1. The number of rotatable bonds is 2. The molecule has 3 heteroatoms. The van der Waals surface area contributed by atoms with Crippen molar-refractivity contribution in [3.05, 3.63) is 34.6 Å². The lowest BCUT2D eigenvalue weighted by Crippen LogP contribution is -2.39. The predicted octanol–water partition coefficient (Wildman–Crippen LogP) is 2.94. The van der Waals surface area contributed by atoms with E-state index >= 15 is 0 Å². The number of hydrogen-bond donors (Lipinski definition) is 1. The zero-order valence-corrected chi connectivity index (χ0v) is 8.52. The van der Waals surface area contributed by atoms with E-state index in [1.807, 2.05) is 0 Å². The normalized spacial score (nSPS) is 19.1. The fraction of sp³-hybridized carbons (Fsp3) is 0.455. The molecule has 0 saturated heterocycles. The summed E-state index contributed by atoms with van der Waals surface area (Å²) in [5.74, 6) is -0.321. The van der Waals surface area contributed by atoms with Gasteiger partial charge in [0, 0.05) is 11.4 Å². The zero-order chi connectivity index (χ0) is 10.2. The summed E-state index contributed by atoms with van der Waals surface area (Å²) in [5.41, 5.74) is -0.120. The Morgan fingerprint density at radius 3 is 2.64 bits per heavy atom. The van der Waals surface area contributed by atoms with Gasteiger partial charge in [0.2, 0.25) is 0 Å². The van der Waals surface area contributed by atoms with Crippen molar-refractivity contribution in [2.75, 3.05) is 0 Å². The molecule has 0 spiro atoms. The van der Waals surface area contributed by atoms with Crippen LogP contribution in [0, 0.1) is 5.82 Å². The molecule has 1 fully saturated rings. The molecule has 1 saturated carbocycles. The molecule has 1 aliphatic rings. The Labute approximate surface area is 87.5 Å². The molecule has 0 aromatic heterocycles. The predicted molar refractivity (Wildman–Crippen MR) is 53.9 cm³/mol. The molecule has 1 N–H and O–H groups in total. The molecule has 2 rings (SSSR count). The largest absolute Gasteiger partial charge is 0.390 e. The van der Waals surface area contributed by atoms with E-state index in [1.165, 1.54) is 6.07 Å². The molecule has 1 aliphatic carbocycles. The molecule has 14 heavy (non-hydrogen) atoms. The van der Waals surface area contributed by atoms with Crippen LogP contribution in [0.1, 0.15) is 24.8 Å². The molecule has 0 radical (unpaired) electrons. The van der Waals surface area contributed by atoms with Crippen LogP contribution in [0.4, 0.5) is 4.39 Å². The van der Waals surface area contributed by atoms with E-state index in [0.29, 0.717) is 17.0 Å². The molecular formula is C11H12ClFO. The SMILES string of the molecule is OC1(Cc2ccc(Cl)cc2F)CCC1. The fourth-order valence-electron chi connectivity index (χ4n) is 1.78. The molecule has 0 aliphatic heterocycles. The van der Waals surface area contributed by atoms with Gasteiger partial charge < -0.3 is 5.11 Å². The van der Waals surface area contributed by atoms with Gasteiger partial charge in [-0.3, -0.25) is 0 Å². The van der Waals surface area contributed by atoms with Gasteiger partial charge in [0.15, 0.2) is 0 Å². The second-order valence-corrected chi connectivity index (χ2v) is 4.43. The summed E-state index contributed by atoms with van der Waals surface area (Å²) in [6.45, 7) is 0. The van der Waals surface area contributed by atoms with Crippen molar-refractivity contribution in [3.63, 3.8) is 0 Å². The monoisotopic (exact) mass is 214 g/mol. The summed E-state index contributed by atoms with van der Waals surface area (Å²) in [7, 11) is 0. The first-order chi connectivity index (χ1) is 6.59. The van der Waals surface area contributed by atoms with Crippen LogP contribution in [-0.4, -0.2) is 10.7 Å². The van der Waals surface area contributed by atoms with Crippen LogP contribution in [0.3, 0.4) is 0 Å². The zero-order valence-electron chi connectivity index (χ0n) is 7.76. The molecule has 0 amide bonds. The third kappa shape index (κ3) is 1.91. The standard InChI is InChI=1S/C11H12ClFO/c12-9-3-2-8(10(13)6-9)7-11(14)4-1-5-11/h2-3,6,14H,1,4-5,7H2. The summed E-state index contributed by atoms with van der Waals surface area (Å²) in [6, 6.07) is 4.59. The number of aliphatic hydroxyl groups is 1. The van der Waals surface area contributed by atoms with Gasteiger partial charge in [0.05, 0.1) is 5.60 Å². The topological polar surface area (TPSA) is 20.2 Å². The molecular weight excluding hydrogens is 203 g/mol. The molecule has 0 heterocycles. The van der Waals surface area contributed by atoms with Crippen molar-refractivity contribution in [3.8, 4) is 0 Å². The van der Waals surface area contributed by atoms with Crippen molar-refractivity contribution >= 4 is 11.6 Å². The summed E-state index contributed by atoms with van der Waals surface area (Å²) < 4.78 is 13.3. The Morgan fingerprint density at radius 1 is 1.43 bits per heavy atom. The molecule has 0 bridgehead atoms. The van der Waals surface area contributed by atoms with E-state index < -0.39 is 5.60 Å². The minimum Gasteiger partial charge on any atom is -0.390 e. The second kappa shape index (κ2) is 3.52. The Kier molecular flexibility index (Phi) is 2.50. The van der Waals surface area contributed by atoms with Crippen molar-refractivity contribution < 1.29 is 9.50 Å². The van der Waals surface area contributed by atoms with Crippen LogP contribution in [-0.2, 0) is 6.42 Å². The van der Waals surface area contributed by atoms with Crippen LogP contribution in [0.25, 0.3) is 0 Å². The maximum atomic E-state index is 13.3. The Balaban J connectivity index is 2.16. The first kappa shape index (κ1) is 9.94. The van der Waals surface area contributed by atoms with Gasteiger partial charge in [0.1, 0.15) is 5.82 Å². The number of halogens is 2. The summed E-state index contributed by atoms with van der Waals surface area (Å²) >= 11 is 5.63. The first-order valence-electron chi connectivity index (χ1n) is 4.75. The molecule has 0 atom stereocenters. The lowest BCUT2D eigenvalue weighted by atomic mass is 9.76. The highest BCUT2D eigenvalue weighted by Crippen LogP contribution is 2.35. The van der Waals surface area contributed by atoms with Crippen LogP contribution < -0.4 is 0 Å². The molecule has 1 nitrogen and oxygen atoms in total. The smallest absolute Gasteiger partial charge is 0.127 e. The van der Waals surface area contributed by atoms with Crippen LogP contribution in [0.2, 0.25) is 5.02 Å². The highest BCUT2D eigenvalue weighted by atomic mass is 35.5. The molecule has 76 valence electrons. The Bertz CT molecular complexity index is 347. The number of benzene rings is 1. The molecule has 1 aromatic carbocycles. The average molecular weight is 215 g/mol. The van der Waals surface area contributed by atoms with Gasteiger partial charge in [-0.05, 0) is 37.0 Å². The van der Waals surface area contributed by atoms with Crippen molar-refractivity contribution in [1.29, 1.82) is 0 Å². The fourth-order valence-corrected chi connectivity index (χ4v) is 1.94. The van der Waals surface area contributed by atoms with Crippen molar-refractivity contribution in [1.82, 2.24) is 0 Å². The van der Waals surface area contributed by atoms with Gasteiger partial charge in [0.25, 0.3) is 0 Å². The first-order valence-corrected chi connectivity index (χ1v) is 5.13. The van der Waals surface area contributed by atoms with Gasteiger partial charge in [-0.1, -0.05) is 17.7 Å². The van der Waals surface area contributed by atoms with E-state index in [4.69, 9.17) is 11.6 Å². The molecule has 0 unspecified atom stereocenters. The summed E-state index contributed by atoms with van der Waals surface area (Å²) in [6.07, 6.45) is 2.98. The highest BCUT2D eigenvalue weighted by Gasteiger charge is 2.34. The summed E-state index contributed by atoms with van der Waals surface area (Å²) in [5, 5.41) is 10.3. The van der Waals surface area contributed by atoms with E-state index in [-0.39, 0.29) is 5.82 Å². The maximum absolute atomic E-state index is 13.3. The summed E-state index contributed by atoms with van der Waals surface area (Å²) in [4.78, 5) is 0.